The molecule has 0 saturated carbocycles. The Bertz CT molecular complexity index is 1870. The molecular weight excluding hydrogens is 485 g/mol. The van der Waals surface area contributed by atoms with Gasteiger partial charge in [-0.1, -0.05) is 29.5 Å². The summed E-state index contributed by atoms with van der Waals surface area (Å²) in [6, 6.07) is 18.5. The van der Waals surface area contributed by atoms with Crippen LogP contribution in [0.25, 0.3) is 39.9 Å². The summed E-state index contributed by atoms with van der Waals surface area (Å²) in [5.41, 5.74) is 9.75. The van der Waals surface area contributed by atoms with Gasteiger partial charge in [0.05, 0.1) is 30.1 Å². The van der Waals surface area contributed by atoms with E-state index in [9.17, 15) is 9.65 Å². The fourth-order valence-corrected chi connectivity index (χ4v) is 4.11. The van der Waals surface area contributed by atoms with Crippen molar-refractivity contribution in [2.75, 3.05) is 5.73 Å². The Labute approximate surface area is 215 Å². The lowest BCUT2D eigenvalue weighted by molar-refractivity contribution is 0.623. The molecule has 38 heavy (non-hydrogen) atoms. The van der Waals surface area contributed by atoms with Gasteiger partial charge < -0.3 is 5.73 Å². The molecule has 0 aliphatic heterocycles. The first-order valence-corrected chi connectivity index (χ1v) is 11.5. The van der Waals surface area contributed by atoms with Crippen LogP contribution in [0.1, 0.15) is 16.8 Å². The van der Waals surface area contributed by atoms with Gasteiger partial charge in [-0.2, -0.15) is 5.26 Å². The Balaban J connectivity index is 1.32. The molecule has 11 nitrogen and oxygen atoms in total. The molecule has 1 aromatic carbocycles. The molecule has 184 valence electrons. The first-order valence-electron chi connectivity index (χ1n) is 11.5. The third-order valence-electron chi connectivity index (χ3n) is 6.03. The standard InChI is InChI=1S/C26H18FN11/c1-15-16(12-28)6-4-8-18(15)25-31-23(22(27)24(29)32-25)20-14-37(36-33-20)13-17-7-5-9-19(30-17)26-35-34-21-10-2-3-11-38(21)26/h2-11,14H,13H2,1H3,(H2,29,31,32). The van der Waals surface area contributed by atoms with Crippen LogP contribution in [0.2, 0.25) is 0 Å². The number of fused-ring (bicyclic) bond motifs is 1. The lowest BCUT2D eigenvalue weighted by Gasteiger charge is -2.09. The molecule has 12 heteroatoms. The fourth-order valence-electron chi connectivity index (χ4n) is 4.11. The second-order valence-corrected chi connectivity index (χ2v) is 8.45. The second kappa shape index (κ2) is 9.14. The summed E-state index contributed by atoms with van der Waals surface area (Å²) in [4.78, 5) is 13.2. The van der Waals surface area contributed by atoms with Crippen LogP contribution in [0.3, 0.4) is 0 Å². The summed E-state index contributed by atoms with van der Waals surface area (Å²) in [5.74, 6) is -0.314. The van der Waals surface area contributed by atoms with Crippen LogP contribution in [0.4, 0.5) is 10.2 Å². The Hall–Kier alpha value is -5.57. The van der Waals surface area contributed by atoms with Crippen LogP contribution in [0, 0.1) is 24.1 Å². The van der Waals surface area contributed by atoms with Gasteiger partial charge in [0.15, 0.2) is 28.9 Å². The van der Waals surface area contributed by atoms with Crippen molar-refractivity contribution in [3.63, 3.8) is 0 Å². The van der Waals surface area contributed by atoms with Gasteiger partial charge in [-0.15, -0.1) is 15.3 Å². The number of nitrogens with two attached hydrogens (primary N) is 1. The number of pyridine rings is 2. The molecule has 0 saturated heterocycles. The molecule has 0 unspecified atom stereocenters. The van der Waals surface area contributed by atoms with Gasteiger partial charge in [-0.05, 0) is 42.8 Å². The van der Waals surface area contributed by atoms with E-state index < -0.39 is 5.82 Å². The van der Waals surface area contributed by atoms with E-state index in [1.165, 1.54) is 4.68 Å². The number of anilines is 1. The van der Waals surface area contributed by atoms with E-state index in [1.54, 1.807) is 31.3 Å². The summed E-state index contributed by atoms with van der Waals surface area (Å²) in [5, 5.41) is 26.0. The van der Waals surface area contributed by atoms with E-state index in [-0.39, 0.29) is 29.6 Å². The molecular formula is C26H18FN11. The predicted molar refractivity (Wildman–Crippen MR) is 136 cm³/mol. The minimum atomic E-state index is -0.798. The molecule has 2 N–H and O–H groups in total. The zero-order chi connectivity index (χ0) is 26.2. The van der Waals surface area contributed by atoms with Crippen LogP contribution in [-0.2, 0) is 6.54 Å². The third-order valence-corrected chi connectivity index (χ3v) is 6.03. The fraction of sp³-hybridized carbons (Fsp3) is 0.0769. The van der Waals surface area contributed by atoms with E-state index in [1.807, 2.05) is 47.0 Å². The number of nitriles is 1. The van der Waals surface area contributed by atoms with Crippen molar-refractivity contribution in [3.05, 3.63) is 89.6 Å². The highest BCUT2D eigenvalue weighted by Crippen LogP contribution is 2.28. The number of nitrogens with zero attached hydrogens (tertiary/aromatic N) is 10. The Kier molecular flexibility index (Phi) is 5.50. The number of benzene rings is 1. The summed E-state index contributed by atoms with van der Waals surface area (Å²) >= 11 is 0. The Morgan fingerprint density at radius 2 is 1.82 bits per heavy atom. The number of nitrogen functional groups attached to an aromatic ring is 1. The molecule has 0 atom stereocenters. The molecule has 5 heterocycles. The van der Waals surface area contributed by atoms with Crippen LogP contribution < -0.4 is 5.73 Å². The van der Waals surface area contributed by atoms with E-state index in [0.29, 0.717) is 33.9 Å². The van der Waals surface area contributed by atoms with Gasteiger partial charge >= 0.3 is 0 Å². The predicted octanol–water partition coefficient (Wildman–Crippen LogP) is 3.46. The minimum absolute atomic E-state index is 0.0860. The van der Waals surface area contributed by atoms with Crippen molar-refractivity contribution in [2.24, 2.45) is 0 Å². The number of halogens is 1. The molecule has 0 spiro atoms. The average Bonchev–Trinajstić information content (AvgIpc) is 3.58. The molecule has 0 amide bonds. The van der Waals surface area contributed by atoms with Gasteiger partial charge in [0.1, 0.15) is 17.1 Å². The first kappa shape index (κ1) is 22.9. The van der Waals surface area contributed by atoms with Gasteiger partial charge in [0.25, 0.3) is 0 Å². The number of rotatable bonds is 5. The normalized spacial score (nSPS) is 11.1. The Morgan fingerprint density at radius 3 is 2.68 bits per heavy atom. The minimum Gasteiger partial charge on any atom is -0.381 e. The molecule has 0 fully saturated rings. The quantitative estimate of drug-likeness (QED) is 0.373. The van der Waals surface area contributed by atoms with Crippen molar-refractivity contribution in [2.45, 2.75) is 13.5 Å². The molecule has 0 aliphatic rings. The largest absolute Gasteiger partial charge is 0.381 e. The number of hydrogen-bond donors (Lipinski definition) is 1. The third kappa shape index (κ3) is 3.97. The van der Waals surface area contributed by atoms with E-state index in [2.05, 4.69) is 36.5 Å². The van der Waals surface area contributed by atoms with Crippen molar-refractivity contribution in [1.82, 2.24) is 44.5 Å². The van der Waals surface area contributed by atoms with Gasteiger partial charge in [0, 0.05) is 11.8 Å². The van der Waals surface area contributed by atoms with Gasteiger partial charge in [-0.25, -0.2) is 24.0 Å². The van der Waals surface area contributed by atoms with Crippen molar-refractivity contribution >= 4 is 11.5 Å². The summed E-state index contributed by atoms with van der Waals surface area (Å²) in [6.45, 7) is 2.05. The Morgan fingerprint density at radius 1 is 0.947 bits per heavy atom. The highest BCUT2D eigenvalue weighted by Gasteiger charge is 2.20. The maximum absolute atomic E-state index is 15.0. The average molecular weight is 504 g/mol. The number of aromatic nitrogens is 9. The molecule has 0 radical (unpaired) electrons. The highest BCUT2D eigenvalue weighted by molar-refractivity contribution is 5.69. The second-order valence-electron chi connectivity index (χ2n) is 8.45. The van der Waals surface area contributed by atoms with Gasteiger partial charge in [-0.3, -0.25) is 4.40 Å². The first-order chi connectivity index (χ1) is 18.5. The number of hydrogen-bond acceptors (Lipinski definition) is 9. The van der Waals surface area contributed by atoms with E-state index >= 15 is 0 Å². The van der Waals surface area contributed by atoms with Crippen LogP contribution in [0.15, 0.2) is 67.0 Å². The highest BCUT2D eigenvalue weighted by atomic mass is 19.1. The molecule has 0 aliphatic carbocycles. The van der Waals surface area contributed by atoms with E-state index in [0.717, 1.165) is 5.65 Å². The molecule has 5 aromatic heterocycles. The van der Waals surface area contributed by atoms with Crippen molar-refractivity contribution < 1.29 is 4.39 Å². The smallest absolute Gasteiger partial charge is 0.193 e. The van der Waals surface area contributed by atoms with Crippen molar-refractivity contribution in [3.8, 4) is 40.4 Å². The van der Waals surface area contributed by atoms with Gasteiger partial charge in [0.2, 0.25) is 0 Å². The van der Waals surface area contributed by atoms with Crippen LogP contribution in [0.5, 0.6) is 0 Å². The zero-order valence-electron chi connectivity index (χ0n) is 20.0. The monoisotopic (exact) mass is 503 g/mol. The zero-order valence-corrected chi connectivity index (χ0v) is 20.0. The summed E-state index contributed by atoms with van der Waals surface area (Å²) in [7, 11) is 0. The van der Waals surface area contributed by atoms with Crippen LogP contribution >= 0.6 is 0 Å². The van der Waals surface area contributed by atoms with Crippen LogP contribution in [-0.4, -0.2) is 44.5 Å². The SMILES string of the molecule is Cc1c(C#N)cccc1-c1nc(N)c(F)c(-c2cn(Cc3cccc(-c4nnc5ccccn45)n3)nn2)n1. The van der Waals surface area contributed by atoms with Crippen molar-refractivity contribution in [1.29, 1.82) is 5.26 Å². The molecule has 6 rings (SSSR count). The summed E-state index contributed by atoms with van der Waals surface area (Å²) < 4.78 is 18.4. The molecule has 6 aromatic rings. The lowest BCUT2D eigenvalue weighted by atomic mass is 10.0. The topological polar surface area (TPSA) is 149 Å². The maximum atomic E-state index is 15.0. The van der Waals surface area contributed by atoms with E-state index in [4.69, 9.17) is 10.7 Å². The summed E-state index contributed by atoms with van der Waals surface area (Å²) in [6.07, 6.45) is 3.44. The lowest BCUT2D eigenvalue weighted by Crippen LogP contribution is -2.05. The molecule has 0 bridgehead atoms. The maximum Gasteiger partial charge on any atom is 0.193 e.